The van der Waals surface area contributed by atoms with Crippen LogP contribution in [0.4, 0.5) is 5.13 Å². The lowest BCUT2D eigenvalue weighted by molar-refractivity contribution is -0.119. The lowest BCUT2D eigenvalue weighted by Gasteiger charge is -2.15. The normalized spacial score (nSPS) is 19.1. The standard InChI is InChI=1S/C18H21N5O2S.ClH/c1-10-4-13(11(2)25-10)16-9-26-18(21-16)22-17(24)15-7-19-6-14(15)12-5-20-23(3)8-12;/h4-5,8-9,14-15,19H,6-7H2,1-3H3,(H,21,22,24);1H/t14-,15+;/m1./s1. The molecule has 0 aromatic carbocycles. The average molecular weight is 408 g/mol. The summed E-state index contributed by atoms with van der Waals surface area (Å²) in [4.78, 5) is 17.3. The first kappa shape index (κ1) is 19.6. The molecule has 144 valence electrons. The van der Waals surface area contributed by atoms with Crippen molar-refractivity contribution < 1.29 is 9.21 Å². The number of rotatable bonds is 4. The van der Waals surface area contributed by atoms with Crippen molar-refractivity contribution in [2.24, 2.45) is 13.0 Å². The zero-order valence-electron chi connectivity index (χ0n) is 15.4. The Kier molecular flexibility index (Phi) is 5.69. The van der Waals surface area contributed by atoms with Crippen LogP contribution in [0.5, 0.6) is 0 Å². The van der Waals surface area contributed by atoms with Crippen molar-refractivity contribution in [3.63, 3.8) is 0 Å². The highest BCUT2D eigenvalue weighted by atomic mass is 35.5. The minimum Gasteiger partial charge on any atom is -0.466 e. The van der Waals surface area contributed by atoms with Crippen molar-refractivity contribution in [3.8, 4) is 11.3 Å². The van der Waals surface area contributed by atoms with Crippen LogP contribution in [0.1, 0.15) is 23.0 Å². The van der Waals surface area contributed by atoms with E-state index in [1.807, 2.05) is 44.7 Å². The molecule has 3 aromatic rings. The Morgan fingerprint density at radius 2 is 2.22 bits per heavy atom. The summed E-state index contributed by atoms with van der Waals surface area (Å²) in [5.41, 5.74) is 2.88. The van der Waals surface area contributed by atoms with E-state index in [4.69, 9.17) is 4.42 Å². The molecule has 1 amide bonds. The number of hydrogen-bond acceptors (Lipinski definition) is 6. The quantitative estimate of drug-likeness (QED) is 0.694. The summed E-state index contributed by atoms with van der Waals surface area (Å²) in [5.74, 6) is 1.67. The van der Waals surface area contributed by atoms with Crippen LogP contribution in [-0.2, 0) is 11.8 Å². The monoisotopic (exact) mass is 407 g/mol. The maximum absolute atomic E-state index is 12.8. The molecule has 1 aliphatic rings. The molecule has 0 saturated carbocycles. The number of anilines is 1. The van der Waals surface area contributed by atoms with Gasteiger partial charge in [-0.1, -0.05) is 0 Å². The van der Waals surface area contributed by atoms with Crippen molar-refractivity contribution in [2.75, 3.05) is 18.4 Å². The number of hydrogen-bond donors (Lipinski definition) is 2. The number of carbonyl (C=O) groups excluding carboxylic acids is 1. The topological polar surface area (TPSA) is 85.0 Å². The number of aryl methyl sites for hydroxylation is 3. The van der Waals surface area contributed by atoms with Gasteiger partial charge in [0.15, 0.2) is 5.13 Å². The minimum atomic E-state index is -0.135. The summed E-state index contributed by atoms with van der Waals surface area (Å²) >= 11 is 1.43. The van der Waals surface area contributed by atoms with Crippen molar-refractivity contribution in [1.82, 2.24) is 20.1 Å². The van der Waals surface area contributed by atoms with Gasteiger partial charge in [-0.25, -0.2) is 4.98 Å². The van der Waals surface area contributed by atoms with Gasteiger partial charge in [0.2, 0.25) is 5.91 Å². The van der Waals surface area contributed by atoms with Crippen molar-refractivity contribution in [3.05, 3.63) is 40.9 Å². The van der Waals surface area contributed by atoms with Crippen LogP contribution in [0.3, 0.4) is 0 Å². The van der Waals surface area contributed by atoms with Gasteiger partial charge in [0, 0.05) is 43.2 Å². The second-order valence-corrected chi connectivity index (χ2v) is 7.53. The maximum Gasteiger partial charge on any atom is 0.231 e. The van der Waals surface area contributed by atoms with E-state index in [2.05, 4.69) is 20.7 Å². The second-order valence-electron chi connectivity index (χ2n) is 6.67. The first-order valence-electron chi connectivity index (χ1n) is 8.54. The van der Waals surface area contributed by atoms with Crippen LogP contribution in [-0.4, -0.2) is 33.8 Å². The number of amides is 1. The summed E-state index contributed by atoms with van der Waals surface area (Å²) in [6, 6.07) is 1.97. The van der Waals surface area contributed by atoms with E-state index < -0.39 is 0 Å². The number of halogens is 1. The molecule has 2 atom stereocenters. The Labute approximate surface area is 167 Å². The third-order valence-electron chi connectivity index (χ3n) is 4.76. The van der Waals surface area contributed by atoms with Crippen LogP contribution in [0, 0.1) is 19.8 Å². The Hall–Kier alpha value is -2.16. The molecule has 4 rings (SSSR count). The zero-order chi connectivity index (χ0) is 18.3. The molecule has 7 nitrogen and oxygen atoms in total. The summed E-state index contributed by atoms with van der Waals surface area (Å²) in [5, 5.41) is 13.1. The van der Waals surface area contributed by atoms with E-state index in [1.54, 1.807) is 4.68 Å². The van der Waals surface area contributed by atoms with Gasteiger partial charge in [-0.15, -0.1) is 23.7 Å². The Morgan fingerprint density at radius 1 is 1.41 bits per heavy atom. The fourth-order valence-electron chi connectivity index (χ4n) is 3.47. The van der Waals surface area contributed by atoms with Gasteiger partial charge in [0.05, 0.1) is 17.8 Å². The summed E-state index contributed by atoms with van der Waals surface area (Å²) in [6.07, 6.45) is 3.81. The summed E-state index contributed by atoms with van der Waals surface area (Å²) in [6.45, 7) is 5.27. The van der Waals surface area contributed by atoms with Gasteiger partial charge in [0.1, 0.15) is 11.5 Å². The van der Waals surface area contributed by atoms with Crippen molar-refractivity contribution in [2.45, 2.75) is 19.8 Å². The maximum atomic E-state index is 12.8. The Balaban J connectivity index is 0.00000210. The molecule has 0 spiro atoms. The number of carbonyl (C=O) groups is 1. The second kappa shape index (κ2) is 7.84. The Bertz CT molecular complexity index is 947. The van der Waals surface area contributed by atoms with Crippen LogP contribution in [0.15, 0.2) is 28.3 Å². The van der Waals surface area contributed by atoms with Crippen LogP contribution < -0.4 is 10.6 Å². The average Bonchev–Trinajstić information content (AvgIpc) is 3.34. The Morgan fingerprint density at radius 3 is 2.89 bits per heavy atom. The van der Waals surface area contributed by atoms with Gasteiger partial charge in [-0.3, -0.25) is 9.48 Å². The minimum absolute atomic E-state index is 0. The molecule has 0 radical (unpaired) electrons. The van der Waals surface area contributed by atoms with Gasteiger partial charge in [0.25, 0.3) is 0 Å². The number of furan rings is 1. The van der Waals surface area contributed by atoms with E-state index in [9.17, 15) is 4.79 Å². The molecule has 0 unspecified atom stereocenters. The number of nitrogens with one attached hydrogen (secondary N) is 2. The summed E-state index contributed by atoms with van der Waals surface area (Å²) in [7, 11) is 1.89. The van der Waals surface area contributed by atoms with Gasteiger partial charge < -0.3 is 15.1 Å². The molecule has 27 heavy (non-hydrogen) atoms. The fourth-order valence-corrected chi connectivity index (χ4v) is 4.19. The molecule has 1 saturated heterocycles. The lowest BCUT2D eigenvalue weighted by atomic mass is 9.90. The highest BCUT2D eigenvalue weighted by molar-refractivity contribution is 7.14. The molecule has 0 bridgehead atoms. The molecule has 4 heterocycles. The van der Waals surface area contributed by atoms with Gasteiger partial charge in [-0.2, -0.15) is 5.10 Å². The molecule has 0 aliphatic carbocycles. The fraction of sp³-hybridized carbons (Fsp3) is 0.389. The molecular weight excluding hydrogens is 386 g/mol. The number of thiazole rings is 1. The van der Waals surface area contributed by atoms with E-state index in [-0.39, 0.29) is 30.2 Å². The third kappa shape index (κ3) is 3.92. The number of nitrogens with zero attached hydrogens (tertiary/aromatic N) is 3. The molecule has 1 fully saturated rings. The van der Waals surface area contributed by atoms with Crippen molar-refractivity contribution in [1.29, 1.82) is 0 Å². The van der Waals surface area contributed by atoms with Crippen LogP contribution >= 0.6 is 23.7 Å². The van der Waals surface area contributed by atoms with E-state index >= 15 is 0 Å². The van der Waals surface area contributed by atoms with Gasteiger partial charge >= 0.3 is 0 Å². The first-order valence-corrected chi connectivity index (χ1v) is 9.42. The first-order chi connectivity index (χ1) is 12.5. The third-order valence-corrected chi connectivity index (χ3v) is 5.51. The van der Waals surface area contributed by atoms with E-state index in [0.717, 1.165) is 34.9 Å². The zero-order valence-corrected chi connectivity index (χ0v) is 17.0. The number of aromatic nitrogens is 3. The predicted molar refractivity (Wildman–Crippen MR) is 107 cm³/mol. The largest absolute Gasteiger partial charge is 0.466 e. The van der Waals surface area contributed by atoms with E-state index in [1.165, 1.54) is 11.3 Å². The molecule has 1 aliphatic heterocycles. The molecule has 2 N–H and O–H groups in total. The molecule has 3 aromatic heterocycles. The molecule has 9 heteroatoms. The SMILES string of the molecule is Cc1cc(-c2csc(NC(=O)[C@H]3CNC[C@@H]3c3cnn(C)c3)n2)c(C)o1.Cl. The molecular formula is C18H22ClN5O2S. The lowest BCUT2D eigenvalue weighted by Crippen LogP contribution is -2.28. The highest BCUT2D eigenvalue weighted by Crippen LogP contribution is 2.32. The summed E-state index contributed by atoms with van der Waals surface area (Å²) < 4.78 is 7.34. The van der Waals surface area contributed by atoms with Crippen LogP contribution in [0.25, 0.3) is 11.3 Å². The van der Waals surface area contributed by atoms with Crippen molar-refractivity contribution >= 4 is 34.8 Å². The van der Waals surface area contributed by atoms with Gasteiger partial charge in [-0.05, 0) is 25.5 Å². The van der Waals surface area contributed by atoms with Crippen LogP contribution in [0.2, 0.25) is 0 Å². The van der Waals surface area contributed by atoms with E-state index in [0.29, 0.717) is 11.7 Å². The predicted octanol–water partition coefficient (Wildman–Crippen LogP) is 3.12. The smallest absolute Gasteiger partial charge is 0.231 e. The highest BCUT2D eigenvalue weighted by Gasteiger charge is 2.35.